The van der Waals surface area contributed by atoms with E-state index in [1.165, 1.54) is 13.8 Å². The van der Waals surface area contributed by atoms with Crippen molar-refractivity contribution in [3.05, 3.63) is 0 Å². The SMILES string of the molecule is CC(=O)N[C@@H](C)C(=O)O.O. The minimum Gasteiger partial charge on any atom is -0.480 e. The molecule has 0 rings (SSSR count). The molecular formula is C5H11NO4. The first-order chi connectivity index (χ1) is 4.04. The molecule has 0 aliphatic heterocycles. The highest BCUT2D eigenvalue weighted by molar-refractivity contribution is 5.81. The molecule has 60 valence electrons. The molecule has 0 spiro atoms. The third-order valence-electron chi connectivity index (χ3n) is 0.790. The summed E-state index contributed by atoms with van der Waals surface area (Å²) in [6.07, 6.45) is 0. The Kier molecular flexibility index (Phi) is 5.54. The van der Waals surface area contributed by atoms with Gasteiger partial charge >= 0.3 is 5.97 Å². The summed E-state index contributed by atoms with van der Waals surface area (Å²) >= 11 is 0. The zero-order valence-corrected chi connectivity index (χ0v) is 5.84. The predicted octanol–water partition coefficient (Wildman–Crippen LogP) is -1.23. The standard InChI is InChI=1S/C5H9NO3.H2O/c1-3(5(8)9)6-4(2)7;/h3H,1-2H3,(H,6,7)(H,8,9);1H2/t3-;/m0./s1. The third kappa shape index (κ3) is 5.04. The van der Waals surface area contributed by atoms with Gasteiger partial charge < -0.3 is 15.9 Å². The molecule has 0 aliphatic rings. The minimum absolute atomic E-state index is 0. The van der Waals surface area contributed by atoms with Crippen molar-refractivity contribution in [1.29, 1.82) is 0 Å². The minimum atomic E-state index is -1.02. The van der Waals surface area contributed by atoms with Crippen molar-refractivity contribution in [2.75, 3.05) is 0 Å². The summed E-state index contributed by atoms with van der Waals surface area (Å²) in [6, 6.07) is -0.789. The maximum atomic E-state index is 10.2. The number of carboxylic acids is 1. The van der Waals surface area contributed by atoms with Crippen molar-refractivity contribution in [3.63, 3.8) is 0 Å². The van der Waals surface area contributed by atoms with Crippen LogP contribution >= 0.6 is 0 Å². The molecule has 0 aromatic rings. The summed E-state index contributed by atoms with van der Waals surface area (Å²) in [5.74, 6) is -1.35. The normalized spacial score (nSPS) is 11.0. The topological polar surface area (TPSA) is 97.9 Å². The quantitative estimate of drug-likeness (QED) is 0.514. The zero-order valence-electron chi connectivity index (χ0n) is 5.84. The van der Waals surface area contributed by atoms with Gasteiger partial charge in [-0.25, -0.2) is 0 Å². The van der Waals surface area contributed by atoms with E-state index in [0.717, 1.165) is 0 Å². The molecule has 0 aromatic heterocycles. The Morgan fingerprint density at radius 3 is 2.00 bits per heavy atom. The van der Waals surface area contributed by atoms with E-state index in [4.69, 9.17) is 5.11 Å². The second kappa shape index (κ2) is 4.75. The van der Waals surface area contributed by atoms with E-state index in [9.17, 15) is 9.59 Å². The van der Waals surface area contributed by atoms with Crippen LogP contribution in [0.15, 0.2) is 0 Å². The number of hydrogen-bond acceptors (Lipinski definition) is 2. The molecule has 0 fully saturated rings. The fourth-order valence-corrected chi connectivity index (χ4v) is 0.367. The fourth-order valence-electron chi connectivity index (χ4n) is 0.367. The van der Waals surface area contributed by atoms with Gasteiger partial charge in [-0.2, -0.15) is 0 Å². The number of aliphatic carboxylic acids is 1. The Morgan fingerprint density at radius 2 is 1.90 bits per heavy atom. The van der Waals surface area contributed by atoms with Gasteiger partial charge in [0.1, 0.15) is 6.04 Å². The Balaban J connectivity index is 0. The third-order valence-corrected chi connectivity index (χ3v) is 0.790. The molecule has 5 nitrogen and oxygen atoms in total. The van der Waals surface area contributed by atoms with Crippen molar-refractivity contribution in [1.82, 2.24) is 5.32 Å². The van der Waals surface area contributed by atoms with Crippen LogP contribution in [0, 0.1) is 0 Å². The van der Waals surface area contributed by atoms with Crippen LogP contribution in [-0.4, -0.2) is 28.5 Å². The van der Waals surface area contributed by atoms with E-state index >= 15 is 0 Å². The molecule has 0 aliphatic carbocycles. The molecule has 0 unspecified atom stereocenters. The lowest BCUT2D eigenvalue weighted by Gasteiger charge is -2.04. The number of carbonyl (C=O) groups excluding carboxylic acids is 1. The van der Waals surface area contributed by atoms with Crippen LogP contribution in [0.1, 0.15) is 13.8 Å². The number of hydrogen-bond donors (Lipinski definition) is 2. The van der Waals surface area contributed by atoms with Crippen molar-refractivity contribution >= 4 is 11.9 Å². The van der Waals surface area contributed by atoms with Gasteiger partial charge in [-0.05, 0) is 6.92 Å². The number of carboxylic acid groups (broad SMARTS) is 1. The number of nitrogens with one attached hydrogen (secondary N) is 1. The summed E-state index contributed by atoms with van der Waals surface area (Å²) in [4.78, 5) is 20.2. The average molecular weight is 149 g/mol. The Labute approximate surface area is 58.3 Å². The predicted molar refractivity (Wildman–Crippen MR) is 34.5 cm³/mol. The number of amides is 1. The van der Waals surface area contributed by atoms with Gasteiger partial charge in [-0.1, -0.05) is 0 Å². The molecule has 4 N–H and O–H groups in total. The summed E-state index contributed by atoms with van der Waals surface area (Å²) in [5.41, 5.74) is 0. The van der Waals surface area contributed by atoms with E-state index in [0.29, 0.717) is 0 Å². The van der Waals surface area contributed by atoms with Crippen molar-refractivity contribution in [2.24, 2.45) is 0 Å². The molecule has 0 radical (unpaired) electrons. The lowest BCUT2D eigenvalue weighted by atomic mass is 10.3. The summed E-state index contributed by atoms with van der Waals surface area (Å²) in [5, 5.41) is 10.4. The van der Waals surface area contributed by atoms with Gasteiger partial charge in [0.15, 0.2) is 0 Å². The first kappa shape index (κ1) is 11.7. The zero-order chi connectivity index (χ0) is 7.44. The molecule has 0 bridgehead atoms. The Hall–Kier alpha value is -1.10. The first-order valence-corrected chi connectivity index (χ1v) is 2.54. The van der Waals surface area contributed by atoms with Crippen LogP contribution in [0.3, 0.4) is 0 Å². The molecule has 1 amide bonds. The summed E-state index contributed by atoms with van der Waals surface area (Å²) in [6.45, 7) is 2.68. The first-order valence-electron chi connectivity index (χ1n) is 2.54. The largest absolute Gasteiger partial charge is 0.480 e. The smallest absolute Gasteiger partial charge is 0.325 e. The summed E-state index contributed by atoms with van der Waals surface area (Å²) < 4.78 is 0. The molecule has 1 atom stereocenters. The molecule has 0 aromatic carbocycles. The second-order valence-electron chi connectivity index (χ2n) is 1.76. The molecule has 5 heteroatoms. The summed E-state index contributed by atoms with van der Waals surface area (Å²) in [7, 11) is 0. The maximum absolute atomic E-state index is 10.2. The molecule has 10 heavy (non-hydrogen) atoms. The monoisotopic (exact) mass is 149 g/mol. The highest BCUT2D eigenvalue weighted by Crippen LogP contribution is 1.78. The van der Waals surface area contributed by atoms with Gasteiger partial charge in [-0.3, -0.25) is 9.59 Å². The lowest BCUT2D eigenvalue weighted by molar-refractivity contribution is -0.140. The molecule has 0 saturated carbocycles. The number of carbonyl (C=O) groups is 2. The van der Waals surface area contributed by atoms with Crippen molar-refractivity contribution in [3.8, 4) is 0 Å². The van der Waals surface area contributed by atoms with Gasteiger partial charge in [0.05, 0.1) is 0 Å². The molecular weight excluding hydrogens is 138 g/mol. The van der Waals surface area contributed by atoms with Crippen molar-refractivity contribution in [2.45, 2.75) is 19.9 Å². The van der Waals surface area contributed by atoms with E-state index in [1.54, 1.807) is 0 Å². The van der Waals surface area contributed by atoms with E-state index in [1.807, 2.05) is 0 Å². The van der Waals surface area contributed by atoms with E-state index in [2.05, 4.69) is 5.32 Å². The van der Waals surface area contributed by atoms with Crippen molar-refractivity contribution < 1.29 is 20.2 Å². The van der Waals surface area contributed by atoms with Crippen LogP contribution in [0.5, 0.6) is 0 Å². The Morgan fingerprint density at radius 1 is 1.50 bits per heavy atom. The average Bonchev–Trinajstić information content (AvgIpc) is 1.63. The maximum Gasteiger partial charge on any atom is 0.325 e. The lowest BCUT2D eigenvalue weighted by Crippen LogP contribution is -2.36. The highest BCUT2D eigenvalue weighted by atomic mass is 16.4. The van der Waals surface area contributed by atoms with Gasteiger partial charge in [0, 0.05) is 6.92 Å². The van der Waals surface area contributed by atoms with Crippen LogP contribution in [0.4, 0.5) is 0 Å². The molecule has 0 saturated heterocycles. The van der Waals surface area contributed by atoms with Gasteiger partial charge in [0.2, 0.25) is 5.91 Å². The van der Waals surface area contributed by atoms with E-state index in [-0.39, 0.29) is 11.4 Å². The van der Waals surface area contributed by atoms with E-state index < -0.39 is 12.0 Å². The van der Waals surface area contributed by atoms with Crippen LogP contribution in [0.25, 0.3) is 0 Å². The van der Waals surface area contributed by atoms with Crippen LogP contribution < -0.4 is 5.32 Å². The van der Waals surface area contributed by atoms with Crippen LogP contribution in [-0.2, 0) is 9.59 Å². The van der Waals surface area contributed by atoms with Gasteiger partial charge in [-0.15, -0.1) is 0 Å². The highest BCUT2D eigenvalue weighted by Gasteiger charge is 2.09. The molecule has 0 heterocycles. The Bertz CT molecular complexity index is 134. The van der Waals surface area contributed by atoms with Gasteiger partial charge in [0.25, 0.3) is 0 Å². The van der Waals surface area contributed by atoms with Crippen LogP contribution in [0.2, 0.25) is 0 Å². The second-order valence-corrected chi connectivity index (χ2v) is 1.76. The number of rotatable bonds is 2. The fraction of sp³-hybridized carbons (Fsp3) is 0.600.